The summed E-state index contributed by atoms with van der Waals surface area (Å²) >= 11 is 0. The largest absolute Gasteiger partial charge is 0.494 e. The third-order valence-corrected chi connectivity index (χ3v) is 3.19. The van der Waals surface area contributed by atoms with Gasteiger partial charge in [-0.05, 0) is 19.8 Å². The molecule has 0 spiro atoms. The Morgan fingerprint density at radius 3 is 3.00 bits per heavy atom. The molecule has 1 amide bonds. The molecule has 6 heteroatoms. The summed E-state index contributed by atoms with van der Waals surface area (Å²) in [6.45, 7) is 4.01. The van der Waals surface area contributed by atoms with E-state index in [9.17, 15) is 9.59 Å². The Bertz CT molecular complexity index is 379. The monoisotopic (exact) mass is 269 g/mol. The van der Waals surface area contributed by atoms with Crippen LogP contribution in [0, 0.1) is 5.92 Å². The number of hydrogen-bond acceptors (Lipinski definition) is 5. The highest BCUT2D eigenvalue weighted by molar-refractivity contribution is 5.91. The molecular weight excluding hydrogens is 250 g/mol. The van der Waals surface area contributed by atoms with E-state index in [2.05, 4.69) is 0 Å². The van der Waals surface area contributed by atoms with Crippen molar-refractivity contribution in [3.05, 3.63) is 12.0 Å². The zero-order valence-corrected chi connectivity index (χ0v) is 11.1. The van der Waals surface area contributed by atoms with Crippen LogP contribution in [0.1, 0.15) is 19.8 Å². The number of esters is 1. The van der Waals surface area contributed by atoms with Crippen LogP contribution in [0.15, 0.2) is 12.0 Å². The molecule has 0 saturated carbocycles. The van der Waals surface area contributed by atoms with Crippen molar-refractivity contribution in [2.45, 2.75) is 19.8 Å². The third kappa shape index (κ3) is 3.39. The van der Waals surface area contributed by atoms with Gasteiger partial charge >= 0.3 is 5.97 Å². The van der Waals surface area contributed by atoms with E-state index < -0.39 is 0 Å². The first-order valence-corrected chi connectivity index (χ1v) is 6.63. The summed E-state index contributed by atoms with van der Waals surface area (Å²) in [6, 6.07) is 0. The molecule has 2 aliphatic rings. The minimum atomic E-state index is -0.234. The highest BCUT2D eigenvalue weighted by Gasteiger charge is 2.31. The molecule has 0 bridgehead atoms. The molecule has 0 aromatic rings. The van der Waals surface area contributed by atoms with Gasteiger partial charge in [0.2, 0.25) is 5.76 Å². The fourth-order valence-corrected chi connectivity index (χ4v) is 2.25. The maximum atomic E-state index is 12.2. The van der Waals surface area contributed by atoms with Crippen molar-refractivity contribution in [3.63, 3.8) is 0 Å². The Kier molecular flexibility index (Phi) is 4.65. The molecule has 1 saturated heterocycles. The lowest BCUT2D eigenvalue weighted by molar-refractivity contribution is -0.151. The molecule has 2 aliphatic heterocycles. The Morgan fingerprint density at radius 2 is 2.32 bits per heavy atom. The standard InChI is InChI=1S/C13H19NO5/c1-2-18-13(16)10-4-3-5-14(8-10)12(15)11-9-17-6-7-19-11/h9-10H,2-8H2,1H3/t10-/m1/s1. The zero-order valence-electron chi connectivity index (χ0n) is 11.1. The van der Waals surface area contributed by atoms with Gasteiger partial charge in [-0.25, -0.2) is 0 Å². The zero-order chi connectivity index (χ0) is 13.7. The molecule has 19 heavy (non-hydrogen) atoms. The molecule has 106 valence electrons. The summed E-state index contributed by atoms with van der Waals surface area (Å²) in [6.07, 6.45) is 2.90. The number of ether oxygens (including phenoxy) is 3. The normalized spacial score (nSPS) is 22.9. The molecule has 1 atom stereocenters. The van der Waals surface area contributed by atoms with Crippen molar-refractivity contribution in [2.24, 2.45) is 5.92 Å². The quantitative estimate of drug-likeness (QED) is 0.705. The van der Waals surface area contributed by atoms with Crippen LogP contribution in [0.5, 0.6) is 0 Å². The number of hydrogen-bond donors (Lipinski definition) is 0. The van der Waals surface area contributed by atoms with E-state index >= 15 is 0 Å². The summed E-state index contributed by atoms with van der Waals surface area (Å²) in [7, 11) is 0. The topological polar surface area (TPSA) is 65.1 Å². The van der Waals surface area contributed by atoms with E-state index in [1.54, 1.807) is 11.8 Å². The molecule has 0 aromatic carbocycles. The summed E-state index contributed by atoms with van der Waals surface area (Å²) in [5, 5.41) is 0. The van der Waals surface area contributed by atoms with Crippen molar-refractivity contribution >= 4 is 11.9 Å². The average Bonchev–Trinajstić information content (AvgIpc) is 2.48. The number of carbonyl (C=O) groups excluding carboxylic acids is 2. The SMILES string of the molecule is CCOC(=O)[C@@H]1CCCN(C(=O)C2=COCCO2)C1. The van der Waals surface area contributed by atoms with Crippen LogP contribution in [-0.2, 0) is 23.8 Å². The first-order chi connectivity index (χ1) is 9.22. The van der Waals surface area contributed by atoms with E-state index in [-0.39, 0.29) is 23.6 Å². The van der Waals surface area contributed by atoms with Crippen molar-refractivity contribution in [1.82, 2.24) is 4.90 Å². The van der Waals surface area contributed by atoms with Crippen molar-refractivity contribution < 1.29 is 23.8 Å². The van der Waals surface area contributed by atoms with Crippen LogP contribution < -0.4 is 0 Å². The van der Waals surface area contributed by atoms with Gasteiger partial charge in [0.1, 0.15) is 19.5 Å². The van der Waals surface area contributed by atoms with E-state index in [4.69, 9.17) is 14.2 Å². The van der Waals surface area contributed by atoms with Crippen molar-refractivity contribution in [1.29, 1.82) is 0 Å². The molecule has 0 aliphatic carbocycles. The third-order valence-electron chi connectivity index (χ3n) is 3.19. The van der Waals surface area contributed by atoms with Crippen LogP contribution >= 0.6 is 0 Å². The highest BCUT2D eigenvalue weighted by atomic mass is 16.6. The second-order valence-corrected chi connectivity index (χ2v) is 4.54. The second kappa shape index (κ2) is 6.45. The Hall–Kier alpha value is -1.72. The van der Waals surface area contributed by atoms with E-state index in [0.717, 1.165) is 12.8 Å². The molecule has 0 N–H and O–H groups in total. The van der Waals surface area contributed by atoms with Gasteiger partial charge < -0.3 is 19.1 Å². The Labute approximate surface area is 112 Å². The van der Waals surface area contributed by atoms with Gasteiger partial charge in [0.25, 0.3) is 5.91 Å². The van der Waals surface area contributed by atoms with E-state index in [1.165, 1.54) is 6.26 Å². The van der Waals surface area contributed by atoms with Gasteiger partial charge in [-0.15, -0.1) is 0 Å². The number of amides is 1. The summed E-state index contributed by atoms with van der Waals surface area (Å²) in [4.78, 5) is 25.5. The fraction of sp³-hybridized carbons (Fsp3) is 0.692. The van der Waals surface area contributed by atoms with Crippen LogP contribution in [0.2, 0.25) is 0 Å². The van der Waals surface area contributed by atoms with Crippen LogP contribution in [0.3, 0.4) is 0 Å². The number of piperidine rings is 1. The summed E-state index contributed by atoms with van der Waals surface area (Å²) in [5.74, 6) is -0.456. The lowest BCUT2D eigenvalue weighted by Crippen LogP contribution is -2.44. The summed E-state index contributed by atoms with van der Waals surface area (Å²) in [5.41, 5.74) is 0. The fourth-order valence-electron chi connectivity index (χ4n) is 2.25. The molecule has 2 heterocycles. The van der Waals surface area contributed by atoms with Gasteiger partial charge in [-0.1, -0.05) is 0 Å². The number of rotatable bonds is 3. The average molecular weight is 269 g/mol. The van der Waals surface area contributed by atoms with Crippen molar-refractivity contribution in [2.75, 3.05) is 32.9 Å². The van der Waals surface area contributed by atoms with E-state index in [1.807, 2.05) is 0 Å². The highest BCUT2D eigenvalue weighted by Crippen LogP contribution is 2.20. The number of nitrogens with zero attached hydrogens (tertiary/aromatic N) is 1. The van der Waals surface area contributed by atoms with Gasteiger partial charge in [0.15, 0.2) is 0 Å². The van der Waals surface area contributed by atoms with Gasteiger partial charge in [0, 0.05) is 13.1 Å². The first kappa shape index (κ1) is 13.7. The van der Waals surface area contributed by atoms with Crippen LogP contribution in [0.4, 0.5) is 0 Å². The van der Waals surface area contributed by atoms with E-state index in [0.29, 0.717) is 32.9 Å². The lowest BCUT2D eigenvalue weighted by Gasteiger charge is -2.32. The second-order valence-electron chi connectivity index (χ2n) is 4.54. The molecule has 0 aromatic heterocycles. The first-order valence-electron chi connectivity index (χ1n) is 6.63. The summed E-state index contributed by atoms with van der Waals surface area (Å²) < 4.78 is 15.4. The predicted octanol–water partition coefficient (Wildman–Crippen LogP) is 0.676. The Balaban J connectivity index is 1.94. The van der Waals surface area contributed by atoms with Gasteiger partial charge in [-0.2, -0.15) is 0 Å². The lowest BCUT2D eigenvalue weighted by atomic mass is 9.98. The molecule has 0 radical (unpaired) electrons. The smallest absolute Gasteiger partial charge is 0.310 e. The van der Waals surface area contributed by atoms with Crippen molar-refractivity contribution in [3.8, 4) is 0 Å². The number of carbonyl (C=O) groups is 2. The maximum Gasteiger partial charge on any atom is 0.310 e. The molecule has 0 unspecified atom stereocenters. The van der Waals surface area contributed by atoms with Crippen LogP contribution in [0.25, 0.3) is 0 Å². The number of likely N-dealkylation sites (tertiary alicyclic amines) is 1. The molecule has 2 rings (SSSR count). The molecular formula is C13H19NO5. The van der Waals surface area contributed by atoms with Crippen LogP contribution in [-0.4, -0.2) is 49.7 Å². The maximum absolute atomic E-state index is 12.2. The minimum absolute atomic E-state index is 0.214. The van der Waals surface area contributed by atoms with Gasteiger partial charge in [0.05, 0.1) is 12.5 Å². The molecule has 1 fully saturated rings. The van der Waals surface area contributed by atoms with Gasteiger partial charge in [-0.3, -0.25) is 9.59 Å². The Morgan fingerprint density at radius 1 is 1.47 bits per heavy atom. The molecule has 6 nitrogen and oxygen atoms in total. The minimum Gasteiger partial charge on any atom is -0.494 e. The predicted molar refractivity (Wildman–Crippen MR) is 65.9 cm³/mol.